The molecule has 27 heavy (non-hydrogen) atoms. The predicted octanol–water partition coefficient (Wildman–Crippen LogP) is 5.94. The number of nitrogen functional groups attached to an aromatic ring is 1. The molecule has 0 radical (unpaired) electrons. The molecular weight excluding hydrogens is 376 g/mol. The fourth-order valence-corrected chi connectivity index (χ4v) is 3.96. The van der Waals surface area contributed by atoms with E-state index in [9.17, 15) is 4.79 Å². The molecule has 0 fully saturated rings. The second kappa shape index (κ2) is 7.35. The van der Waals surface area contributed by atoms with Crippen LogP contribution >= 0.6 is 22.9 Å². The summed E-state index contributed by atoms with van der Waals surface area (Å²) >= 11 is 7.39. The van der Waals surface area contributed by atoms with Gasteiger partial charge in [-0.25, -0.2) is 4.98 Å². The number of hydrogen-bond donors (Lipinski definition) is 1. The zero-order valence-corrected chi connectivity index (χ0v) is 15.8. The van der Waals surface area contributed by atoms with Gasteiger partial charge in [0.25, 0.3) is 0 Å². The van der Waals surface area contributed by atoms with Crippen LogP contribution in [-0.2, 0) is 0 Å². The van der Waals surface area contributed by atoms with E-state index in [1.807, 2.05) is 54.6 Å². The van der Waals surface area contributed by atoms with E-state index in [2.05, 4.69) is 4.98 Å². The Hall–Kier alpha value is -2.95. The number of carbonyl (C=O) groups excluding carboxylic acids is 1. The third-order valence-corrected chi connectivity index (χ3v) is 5.42. The number of ketones is 1. The normalized spacial score (nSPS) is 10.7. The summed E-state index contributed by atoms with van der Waals surface area (Å²) in [5.74, 6) is -0.171. The van der Waals surface area contributed by atoms with Crippen molar-refractivity contribution < 1.29 is 4.79 Å². The number of carbonyl (C=O) groups is 1. The van der Waals surface area contributed by atoms with Gasteiger partial charge < -0.3 is 5.73 Å². The van der Waals surface area contributed by atoms with Crippen LogP contribution in [0.2, 0.25) is 5.02 Å². The van der Waals surface area contributed by atoms with Crippen molar-refractivity contribution in [2.45, 2.75) is 0 Å². The molecule has 0 aliphatic carbocycles. The number of aromatic nitrogens is 1. The largest absolute Gasteiger partial charge is 0.375 e. The first-order valence-electron chi connectivity index (χ1n) is 8.35. The molecule has 5 heteroatoms. The van der Waals surface area contributed by atoms with Gasteiger partial charge in [0.15, 0.2) is 5.13 Å². The smallest absolute Gasteiger partial charge is 0.206 e. The summed E-state index contributed by atoms with van der Waals surface area (Å²) < 4.78 is 0. The quantitative estimate of drug-likeness (QED) is 0.438. The minimum atomic E-state index is -0.171. The van der Waals surface area contributed by atoms with Crippen molar-refractivity contribution in [2.75, 3.05) is 5.73 Å². The molecule has 1 heterocycles. The van der Waals surface area contributed by atoms with Crippen molar-refractivity contribution in [3.05, 3.63) is 94.3 Å². The molecular formula is C22H15ClN2OS. The van der Waals surface area contributed by atoms with Crippen LogP contribution in [0.1, 0.15) is 15.2 Å². The van der Waals surface area contributed by atoms with E-state index in [1.54, 1.807) is 24.3 Å². The lowest BCUT2D eigenvalue weighted by Crippen LogP contribution is -2.01. The third-order valence-electron chi connectivity index (χ3n) is 4.21. The topological polar surface area (TPSA) is 56.0 Å². The molecule has 0 saturated carbocycles. The Morgan fingerprint density at radius 1 is 0.852 bits per heavy atom. The second-order valence-corrected chi connectivity index (χ2v) is 7.42. The third kappa shape index (κ3) is 3.50. The van der Waals surface area contributed by atoms with E-state index in [0.717, 1.165) is 16.7 Å². The van der Waals surface area contributed by atoms with Gasteiger partial charge in [-0.1, -0.05) is 83.6 Å². The lowest BCUT2D eigenvalue weighted by molar-refractivity contribution is 0.104. The summed E-state index contributed by atoms with van der Waals surface area (Å²) in [5, 5.41) is 0.768. The number of anilines is 1. The molecule has 132 valence electrons. The van der Waals surface area contributed by atoms with Crippen LogP contribution in [0.4, 0.5) is 5.13 Å². The number of nitrogens with two attached hydrogens (primary N) is 1. The fourth-order valence-electron chi connectivity index (χ4n) is 2.93. The minimum absolute atomic E-state index is 0.171. The first kappa shape index (κ1) is 17.5. The molecule has 4 aromatic rings. The van der Waals surface area contributed by atoms with Crippen LogP contribution in [0.25, 0.3) is 22.4 Å². The highest BCUT2D eigenvalue weighted by atomic mass is 35.5. The van der Waals surface area contributed by atoms with Crippen molar-refractivity contribution in [2.24, 2.45) is 0 Å². The molecule has 2 N–H and O–H groups in total. The Morgan fingerprint density at radius 3 is 2.30 bits per heavy atom. The van der Waals surface area contributed by atoms with Crippen LogP contribution in [-0.4, -0.2) is 10.8 Å². The Kier molecular flexibility index (Phi) is 4.75. The summed E-state index contributed by atoms with van der Waals surface area (Å²) in [7, 11) is 0. The molecule has 3 nitrogen and oxygen atoms in total. The Bertz CT molecular complexity index is 1120. The van der Waals surface area contributed by atoms with E-state index in [1.165, 1.54) is 11.3 Å². The number of halogens is 1. The molecule has 0 aliphatic heterocycles. The highest BCUT2D eigenvalue weighted by Crippen LogP contribution is 2.34. The lowest BCUT2D eigenvalue weighted by atomic mass is 10.00. The molecule has 0 saturated heterocycles. The van der Waals surface area contributed by atoms with Crippen molar-refractivity contribution in [3.8, 4) is 22.4 Å². The van der Waals surface area contributed by atoms with Crippen LogP contribution in [0.5, 0.6) is 0 Å². The molecule has 0 unspecified atom stereocenters. The molecule has 0 atom stereocenters. The SMILES string of the molecule is Nc1nc(-c2cccc(-c3ccccc3)c2)c(C(=O)c2ccccc2Cl)s1. The second-order valence-electron chi connectivity index (χ2n) is 5.99. The van der Waals surface area contributed by atoms with Gasteiger partial charge in [0.1, 0.15) is 4.88 Å². The molecule has 0 aliphatic rings. The Balaban J connectivity index is 1.80. The first-order chi connectivity index (χ1) is 13.1. The highest BCUT2D eigenvalue weighted by molar-refractivity contribution is 7.18. The van der Waals surface area contributed by atoms with Crippen LogP contribution in [0, 0.1) is 0 Å². The molecule has 3 aromatic carbocycles. The molecule has 4 rings (SSSR count). The molecule has 0 spiro atoms. The van der Waals surface area contributed by atoms with Gasteiger partial charge in [-0.3, -0.25) is 4.79 Å². The summed E-state index contributed by atoms with van der Waals surface area (Å²) in [6.07, 6.45) is 0. The summed E-state index contributed by atoms with van der Waals surface area (Å²) in [4.78, 5) is 18.0. The van der Waals surface area contributed by atoms with Crippen LogP contribution in [0.3, 0.4) is 0 Å². The number of benzene rings is 3. The zero-order chi connectivity index (χ0) is 18.8. The minimum Gasteiger partial charge on any atom is -0.375 e. The van der Waals surface area contributed by atoms with Gasteiger partial charge in [0, 0.05) is 11.1 Å². The van der Waals surface area contributed by atoms with Gasteiger partial charge in [0.05, 0.1) is 10.7 Å². The van der Waals surface area contributed by atoms with Gasteiger partial charge >= 0.3 is 0 Å². The maximum absolute atomic E-state index is 13.1. The Labute approximate surface area is 166 Å². The standard InChI is InChI=1S/C22H15ClN2OS/c23-18-12-5-4-11-17(18)20(26)21-19(25-22(24)27-21)16-10-6-9-15(13-16)14-7-2-1-3-8-14/h1-13H,(H2,24,25). The van der Waals surface area contributed by atoms with Crippen molar-refractivity contribution in [3.63, 3.8) is 0 Å². The monoisotopic (exact) mass is 390 g/mol. The number of thiazole rings is 1. The molecule has 0 amide bonds. The first-order valence-corrected chi connectivity index (χ1v) is 9.54. The maximum atomic E-state index is 13.1. The number of nitrogens with zero attached hydrogens (tertiary/aromatic N) is 1. The lowest BCUT2D eigenvalue weighted by Gasteiger charge is -2.07. The zero-order valence-electron chi connectivity index (χ0n) is 14.2. The average molecular weight is 391 g/mol. The van der Waals surface area contributed by atoms with E-state index in [4.69, 9.17) is 17.3 Å². The Morgan fingerprint density at radius 2 is 1.52 bits per heavy atom. The van der Waals surface area contributed by atoms with Crippen molar-refractivity contribution in [1.29, 1.82) is 0 Å². The molecule has 0 bridgehead atoms. The van der Waals surface area contributed by atoms with Crippen molar-refractivity contribution >= 4 is 33.9 Å². The van der Waals surface area contributed by atoms with Gasteiger partial charge in [-0.2, -0.15) is 0 Å². The van der Waals surface area contributed by atoms with Crippen LogP contribution in [0.15, 0.2) is 78.9 Å². The van der Waals surface area contributed by atoms with E-state index >= 15 is 0 Å². The highest BCUT2D eigenvalue weighted by Gasteiger charge is 2.22. The van der Waals surface area contributed by atoms with E-state index < -0.39 is 0 Å². The van der Waals surface area contributed by atoms with E-state index in [-0.39, 0.29) is 5.78 Å². The van der Waals surface area contributed by atoms with Gasteiger partial charge in [-0.15, -0.1) is 0 Å². The maximum Gasteiger partial charge on any atom is 0.206 e. The van der Waals surface area contributed by atoms with Gasteiger partial charge in [0.2, 0.25) is 5.78 Å². The predicted molar refractivity (Wildman–Crippen MR) is 112 cm³/mol. The summed E-state index contributed by atoms with van der Waals surface area (Å²) in [5.41, 5.74) is 9.97. The fraction of sp³-hybridized carbons (Fsp3) is 0. The van der Waals surface area contributed by atoms with E-state index in [0.29, 0.717) is 26.3 Å². The number of hydrogen-bond acceptors (Lipinski definition) is 4. The van der Waals surface area contributed by atoms with Crippen LogP contribution < -0.4 is 5.73 Å². The summed E-state index contributed by atoms with van der Waals surface area (Å²) in [6, 6.07) is 25.0. The summed E-state index contributed by atoms with van der Waals surface area (Å²) in [6.45, 7) is 0. The van der Waals surface area contributed by atoms with Gasteiger partial charge in [-0.05, 0) is 29.3 Å². The number of rotatable bonds is 4. The van der Waals surface area contributed by atoms with Crippen molar-refractivity contribution in [1.82, 2.24) is 4.98 Å². The molecule has 1 aromatic heterocycles. The average Bonchev–Trinajstić information content (AvgIpc) is 3.10.